The van der Waals surface area contributed by atoms with E-state index in [0.717, 1.165) is 52.3 Å². The van der Waals surface area contributed by atoms with Crippen molar-refractivity contribution in [3.8, 4) is 0 Å². The molecule has 2 aromatic carbocycles. The highest BCUT2D eigenvalue weighted by Gasteiger charge is 2.27. The Labute approximate surface area is 195 Å². The Morgan fingerprint density at radius 1 is 1.18 bits per heavy atom. The second-order valence-corrected chi connectivity index (χ2v) is 9.60. The minimum atomic E-state index is -0.289. The first-order valence-electron chi connectivity index (χ1n) is 11.5. The Bertz CT molecular complexity index is 1480. The number of nitrogens with zero attached hydrogens (tertiary/aromatic N) is 4. The molecule has 0 saturated heterocycles. The van der Waals surface area contributed by atoms with E-state index in [-0.39, 0.29) is 11.5 Å². The maximum atomic E-state index is 13.5. The Morgan fingerprint density at radius 3 is 2.82 bits per heavy atom. The number of aryl methyl sites for hydroxylation is 1. The van der Waals surface area contributed by atoms with Crippen molar-refractivity contribution in [1.29, 1.82) is 0 Å². The molecule has 4 aromatic rings. The standard InChI is InChI=1S/C25H24ClN5O2/c1-14-11-21-20(27-24(32)23-29-28-22(31(21)23)15-5-2-3-6-15)12-18(14)25(33)30-10-9-17-16(13-30)7-4-8-19(17)26/h4,7-8,11-12,15H,2-3,5-6,9-10,13H2,1H3,(H,27,32). The number of nitrogens with one attached hydrogen (secondary N) is 1. The molecule has 168 valence electrons. The molecule has 2 aromatic heterocycles. The van der Waals surface area contributed by atoms with Gasteiger partial charge in [0.15, 0.2) is 0 Å². The molecule has 0 bridgehead atoms. The lowest BCUT2D eigenvalue weighted by Crippen LogP contribution is -2.36. The Balaban J connectivity index is 1.43. The first-order valence-corrected chi connectivity index (χ1v) is 11.9. The summed E-state index contributed by atoms with van der Waals surface area (Å²) in [6, 6.07) is 9.63. The number of rotatable bonds is 2. The number of halogens is 1. The first kappa shape index (κ1) is 20.4. The van der Waals surface area contributed by atoms with Gasteiger partial charge in [-0.15, -0.1) is 10.2 Å². The molecule has 1 fully saturated rings. The SMILES string of the molecule is Cc1cc2c(cc1C(=O)N1CCc3c(Cl)cccc3C1)[nH]c(=O)c1nnc(C3CCCC3)n12. The van der Waals surface area contributed by atoms with Crippen molar-refractivity contribution >= 4 is 34.2 Å². The van der Waals surface area contributed by atoms with Gasteiger partial charge in [-0.2, -0.15) is 0 Å². The van der Waals surface area contributed by atoms with Crippen molar-refractivity contribution in [3.05, 3.63) is 73.8 Å². The van der Waals surface area contributed by atoms with Gasteiger partial charge in [-0.1, -0.05) is 36.6 Å². The number of fused-ring (bicyclic) bond motifs is 4. The van der Waals surface area contributed by atoms with Gasteiger partial charge in [-0.25, -0.2) is 0 Å². The van der Waals surface area contributed by atoms with Gasteiger partial charge in [0, 0.05) is 29.6 Å². The fraction of sp³-hybridized carbons (Fsp3) is 0.360. The summed E-state index contributed by atoms with van der Waals surface area (Å²) >= 11 is 6.34. The number of hydrogen-bond acceptors (Lipinski definition) is 4. The van der Waals surface area contributed by atoms with Gasteiger partial charge in [0.25, 0.3) is 11.5 Å². The van der Waals surface area contributed by atoms with Crippen molar-refractivity contribution in [1.82, 2.24) is 24.5 Å². The molecule has 3 heterocycles. The summed E-state index contributed by atoms with van der Waals surface area (Å²) in [5.74, 6) is 1.12. The number of carbonyl (C=O) groups is 1. The highest BCUT2D eigenvalue weighted by Crippen LogP contribution is 2.34. The smallest absolute Gasteiger partial charge is 0.294 e. The Hall–Kier alpha value is -3.19. The van der Waals surface area contributed by atoms with E-state index >= 15 is 0 Å². The molecule has 0 atom stereocenters. The minimum Gasteiger partial charge on any atom is -0.334 e. The predicted octanol–water partition coefficient (Wildman–Crippen LogP) is 4.39. The maximum absolute atomic E-state index is 13.5. The van der Waals surface area contributed by atoms with E-state index in [9.17, 15) is 9.59 Å². The molecule has 1 aliphatic carbocycles. The van der Waals surface area contributed by atoms with Gasteiger partial charge in [-0.05, 0) is 61.1 Å². The maximum Gasteiger partial charge on any atom is 0.294 e. The van der Waals surface area contributed by atoms with Gasteiger partial charge in [-0.3, -0.25) is 14.0 Å². The third kappa shape index (κ3) is 3.25. The summed E-state index contributed by atoms with van der Waals surface area (Å²) in [5.41, 5.74) is 5.15. The third-order valence-electron chi connectivity index (χ3n) is 7.17. The van der Waals surface area contributed by atoms with Gasteiger partial charge in [0.1, 0.15) is 5.82 Å². The van der Waals surface area contributed by atoms with Crippen LogP contribution in [-0.2, 0) is 13.0 Å². The molecule has 0 radical (unpaired) electrons. The minimum absolute atomic E-state index is 0.0410. The molecule has 0 spiro atoms. The summed E-state index contributed by atoms with van der Waals surface area (Å²) in [5, 5.41) is 9.33. The van der Waals surface area contributed by atoms with Crippen LogP contribution >= 0.6 is 11.6 Å². The van der Waals surface area contributed by atoms with Crippen LogP contribution in [-0.4, -0.2) is 36.9 Å². The second-order valence-electron chi connectivity index (χ2n) is 9.19. The first-order chi connectivity index (χ1) is 16.0. The topological polar surface area (TPSA) is 83.4 Å². The van der Waals surface area contributed by atoms with Crippen LogP contribution in [0.1, 0.15) is 64.5 Å². The van der Waals surface area contributed by atoms with Crippen LogP contribution in [0.25, 0.3) is 16.7 Å². The quantitative estimate of drug-likeness (QED) is 0.480. The average Bonchev–Trinajstić information content (AvgIpc) is 3.49. The molecule has 1 aliphatic heterocycles. The number of aromatic amines is 1. The van der Waals surface area contributed by atoms with Crippen LogP contribution in [0.15, 0.2) is 35.1 Å². The Morgan fingerprint density at radius 2 is 2.00 bits per heavy atom. The molecule has 7 nitrogen and oxygen atoms in total. The lowest BCUT2D eigenvalue weighted by Gasteiger charge is -2.30. The second kappa shape index (κ2) is 7.70. The predicted molar refractivity (Wildman–Crippen MR) is 127 cm³/mol. The fourth-order valence-corrected chi connectivity index (χ4v) is 5.71. The number of H-pyrrole nitrogens is 1. The van der Waals surface area contributed by atoms with Crippen LogP contribution in [0.5, 0.6) is 0 Å². The van der Waals surface area contributed by atoms with Gasteiger partial charge < -0.3 is 9.88 Å². The molecule has 6 rings (SSSR count). The molecule has 1 saturated carbocycles. The van der Waals surface area contributed by atoms with E-state index in [1.165, 1.54) is 12.8 Å². The zero-order valence-electron chi connectivity index (χ0n) is 18.4. The number of hydrogen-bond donors (Lipinski definition) is 1. The largest absolute Gasteiger partial charge is 0.334 e. The normalized spacial score (nSPS) is 16.6. The number of aromatic nitrogens is 4. The van der Waals surface area contributed by atoms with Crippen molar-refractivity contribution in [2.45, 2.75) is 51.5 Å². The zero-order chi connectivity index (χ0) is 22.7. The summed E-state index contributed by atoms with van der Waals surface area (Å²) in [7, 11) is 0. The van der Waals surface area contributed by atoms with E-state index in [0.29, 0.717) is 35.7 Å². The van der Waals surface area contributed by atoms with Crippen molar-refractivity contribution < 1.29 is 4.79 Å². The lowest BCUT2D eigenvalue weighted by atomic mass is 9.98. The van der Waals surface area contributed by atoms with Crippen LogP contribution in [0.4, 0.5) is 0 Å². The van der Waals surface area contributed by atoms with E-state index in [2.05, 4.69) is 15.2 Å². The van der Waals surface area contributed by atoms with E-state index in [1.807, 2.05) is 40.5 Å². The van der Waals surface area contributed by atoms with Crippen LogP contribution in [0.2, 0.25) is 5.02 Å². The van der Waals surface area contributed by atoms with Gasteiger partial charge in [0.05, 0.1) is 11.0 Å². The average molecular weight is 462 g/mol. The van der Waals surface area contributed by atoms with E-state index < -0.39 is 0 Å². The molecular weight excluding hydrogens is 438 g/mol. The van der Waals surface area contributed by atoms with Crippen molar-refractivity contribution in [2.24, 2.45) is 0 Å². The number of amides is 1. The zero-order valence-corrected chi connectivity index (χ0v) is 19.2. The molecular formula is C25H24ClN5O2. The number of benzene rings is 2. The summed E-state index contributed by atoms with van der Waals surface area (Å²) in [6.45, 7) is 3.08. The van der Waals surface area contributed by atoms with Crippen molar-refractivity contribution in [2.75, 3.05) is 6.54 Å². The van der Waals surface area contributed by atoms with Gasteiger partial charge >= 0.3 is 0 Å². The molecule has 2 aliphatic rings. The molecule has 33 heavy (non-hydrogen) atoms. The molecule has 1 amide bonds. The fourth-order valence-electron chi connectivity index (χ4n) is 5.42. The monoisotopic (exact) mass is 461 g/mol. The third-order valence-corrected chi connectivity index (χ3v) is 7.52. The van der Waals surface area contributed by atoms with Crippen LogP contribution in [0.3, 0.4) is 0 Å². The molecule has 1 N–H and O–H groups in total. The lowest BCUT2D eigenvalue weighted by molar-refractivity contribution is 0.0734. The van der Waals surface area contributed by atoms with Crippen LogP contribution < -0.4 is 5.56 Å². The van der Waals surface area contributed by atoms with Gasteiger partial charge in [0.2, 0.25) is 5.65 Å². The number of carbonyl (C=O) groups excluding carboxylic acids is 1. The summed E-state index contributed by atoms with van der Waals surface area (Å²) < 4.78 is 1.89. The summed E-state index contributed by atoms with van der Waals surface area (Å²) in [6.07, 6.45) is 5.19. The Kier molecular flexibility index (Phi) is 4.76. The molecule has 8 heteroatoms. The highest BCUT2D eigenvalue weighted by atomic mass is 35.5. The van der Waals surface area contributed by atoms with E-state index in [1.54, 1.807) is 6.07 Å². The molecule has 0 unspecified atom stereocenters. The highest BCUT2D eigenvalue weighted by molar-refractivity contribution is 6.31. The van der Waals surface area contributed by atoms with E-state index in [4.69, 9.17) is 11.6 Å². The summed E-state index contributed by atoms with van der Waals surface area (Å²) in [4.78, 5) is 31.0. The van der Waals surface area contributed by atoms with Crippen molar-refractivity contribution in [3.63, 3.8) is 0 Å². The van der Waals surface area contributed by atoms with Crippen LogP contribution in [0, 0.1) is 6.92 Å².